The molecule has 3 aromatic heterocycles. The highest BCUT2D eigenvalue weighted by molar-refractivity contribution is 7.11. The molecule has 0 radical (unpaired) electrons. The average Bonchev–Trinajstić information content (AvgIpc) is 3.28. The standard InChI is InChI=1S/C19H24N6OS/c1-3-13(15-11-25-10-6-9-20-18(25)22-15)23-19(26)24(2)12-17-21-14-7-4-5-8-16(14)27-17/h6,9-11,13H,3-5,7-8,12H2,1-2H3,(H,23,26)/t13-/m0/s1. The van der Waals surface area contributed by atoms with Gasteiger partial charge in [0.25, 0.3) is 0 Å². The molecule has 0 saturated heterocycles. The van der Waals surface area contributed by atoms with Gasteiger partial charge < -0.3 is 10.2 Å². The molecule has 7 nitrogen and oxygen atoms in total. The molecule has 0 spiro atoms. The number of hydrogen-bond acceptors (Lipinski definition) is 5. The van der Waals surface area contributed by atoms with Gasteiger partial charge in [0.05, 0.1) is 24.0 Å². The van der Waals surface area contributed by atoms with Crippen LogP contribution in [-0.4, -0.2) is 37.3 Å². The van der Waals surface area contributed by atoms with E-state index in [-0.39, 0.29) is 12.1 Å². The molecule has 1 aliphatic carbocycles. The van der Waals surface area contributed by atoms with Crippen LogP contribution >= 0.6 is 11.3 Å². The normalized spacial score (nSPS) is 14.7. The molecular weight excluding hydrogens is 360 g/mol. The van der Waals surface area contributed by atoms with E-state index >= 15 is 0 Å². The quantitative estimate of drug-likeness (QED) is 0.732. The van der Waals surface area contributed by atoms with Gasteiger partial charge in [0.15, 0.2) is 0 Å². The van der Waals surface area contributed by atoms with Gasteiger partial charge in [-0.15, -0.1) is 11.3 Å². The van der Waals surface area contributed by atoms with Crippen LogP contribution in [0.1, 0.15) is 53.5 Å². The maximum absolute atomic E-state index is 12.7. The summed E-state index contributed by atoms with van der Waals surface area (Å²) in [5.41, 5.74) is 2.06. The predicted octanol–water partition coefficient (Wildman–Crippen LogP) is 3.36. The minimum absolute atomic E-state index is 0.111. The van der Waals surface area contributed by atoms with Crippen LogP contribution in [0.5, 0.6) is 0 Å². The Balaban J connectivity index is 1.42. The first-order chi connectivity index (χ1) is 13.1. The number of carbonyl (C=O) groups excluding carboxylic acids is 1. The van der Waals surface area contributed by atoms with Gasteiger partial charge in [-0.3, -0.25) is 4.40 Å². The van der Waals surface area contributed by atoms with Crippen LogP contribution in [0, 0.1) is 0 Å². The molecule has 2 amide bonds. The van der Waals surface area contributed by atoms with Gasteiger partial charge in [-0.2, -0.15) is 0 Å². The summed E-state index contributed by atoms with van der Waals surface area (Å²) in [6.45, 7) is 2.57. The number of aromatic nitrogens is 4. The minimum atomic E-state index is -0.147. The number of fused-ring (bicyclic) bond motifs is 2. The predicted molar refractivity (Wildman–Crippen MR) is 105 cm³/mol. The fourth-order valence-electron chi connectivity index (χ4n) is 3.41. The lowest BCUT2D eigenvalue weighted by molar-refractivity contribution is 0.202. The van der Waals surface area contributed by atoms with Crippen molar-refractivity contribution in [2.75, 3.05) is 7.05 Å². The zero-order valence-corrected chi connectivity index (χ0v) is 16.5. The first-order valence-electron chi connectivity index (χ1n) is 9.42. The van der Waals surface area contributed by atoms with Crippen LogP contribution in [0.25, 0.3) is 5.78 Å². The highest BCUT2D eigenvalue weighted by Crippen LogP contribution is 2.27. The maximum Gasteiger partial charge on any atom is 0.318 e. The van der Waals surface area contributed by atoms with Crippen molar-refractivity contribution in [2.24, 2.45) is 0 Å². The molecule has 0 unspecified atom stereocenters. The molecule has 3 aromatic rings. The van der Waals surface area contributed by atoms with E-state index in [1.807, 2.05) is 36.8 Å². The van der Waals surface area contributed by atoms with Gasteiger partial charge in [0.1, 0.15) is 5.01 Å². The summed E-state index contributed by atoms with van der Waals surface area (Å²) in [6, 6.07) is 1.60. The summed E-state index contributed by atoms with van der Waals surface area (Å²) in [5, 5.41) is 4.10. The molecule has 27 heavy (non-hydrogen) atoms. The van der Waals surface area contributed by atoms with Crippen molar-refractivity contribution in [3.63, 3.8) is 0 Å². The Morgan fingerprint density at radius 2 is 2.22 bits per heavy atom. The number of urea groups is 1. The second-order valence-corrected chi connectivity index (χ2v) is 8.11. The van der Waals surface area contributed by atoms with Crippen LogP contribution in [0.4, 0.5) is 4.79 Å². The molecule has 3 heterocycles. The number of hydrogen-bond donors (Lipinski definition) is 1. The van der Waals surface area contributed by atoms with Gasteiger partial charge in [0, 0.05) is 30.5 Å². The fourth-order valence-corrected chi connectivity index (χ4v) is 4.62. The monoisotopic (exact) mass is 384 g/mol. The largest absolute Gasteiger partial charge is 0.330 e. The zero-order chi connectivity index (χ0) is 18.8. The summed E-state index contributed by atoms with van der Waals surface area (Å²) in [4.78, 5) is 29.3. The van der Waals surface area contributed by atoms with Crippen molar-refractivity contribution in [3.8, 4) is 0 Å². The third-order valence-electron chi connectivity index (χ3n) is 4.93. The van der Waals surface area contributed by atoms with Crippen molar-refractivity contribution in [1.29, 1.82) is 0 Å². The van der Waals surface area contributed by atoms with E-state index in [1.54, 1.807) is 22.4 Å². The van der Waals surface area contributed by atoms with Gasteiger partial charge in [-0.25, -0.2) is 19.7 Å². The number of nitrogens with one attached hydrogen (secondary N) is 1. The van der Waals surface area contributed by atoms with E-state index in [0.717, 1.165) is 30.0 Å². The number of amides is 2. The molecule has 0 aliphatic heterocycles. The number of imidazole rings is 1. The molecule has 142 valence electrons. The molecular formula is C19H24N6OS. The van der Waals surface area contributed by atoms with Gasteiger partial charge in [0.2, 0.25) is 5.78 Å². The van der Waals surface area contributed by atoms with E-state index < -0.39 is 0 Å². The minimum Gasteiger partial charge on any atom is -0.330 e. The average molecular weight is 385 g/mol. The first kappa shape index (κ1) is 17.9. The molecule has 1 aliphatic rings. The van der Waals surface area contributed by atoms with Crippen LogP contribution in [0.2, 0.25) is 0 Å². The Labute approximate surface area is 162 Å². The van der Waals surface area contributed by atoms with Crippen molar-refractivity contribution in [3.05, 3.63) is 45.9 Å². The van der Waals surface area contributed by atoms with Crippen LogP contribution in [-0.2, 0) is 19.4 Å². The number of rotatable bonds is 5. The Morgan fingerprint density at radius 1 is 1.37 bits per heavy atom. The molecule has 0 aromatic carbocycles. The summed E-state index contributed by atoms with van der Waals surface area (Å²) < 4.78 is 1.87. The summed E-state index contributed by atoms with van der Waals surface area (Å²) in [5.74, 6) is 0.641. The van der Waals surface area contributed by atoms with Gasteiger partial charge in [-0.05, 0) is 38.2 Å². The van der Waals surface area contributed by atoms with E-state index in [1.165, 1.54) is 23.4 Å². The number of thiazole rings is 1. The smallest absolute Gasteiger partial charge is 0.318 e. The highest BCUT2D eigenvalue weighted by atomic mass is 32.1. The second kappa shape index (κ2) is 7.64. The zero-order valence-electron chi connectivity index (χ0n) is 15.7. The molecule has 0 fully saturated rings. The molecule has 8 heteroatoms. The SMILES string of the molecule is CC[C@H](NC(=O)N(C)Cc1nc2c(s1)CCCC2)c1cn2cccnc2n1. The highest BCUT2D eigenvalue weighted by Gasteiger charge is 2.21. The van der Waals surface area contributed by atoms with Crippen LogP contribution in [0.15, 0.2) is 24.7 Å². The van der Waals surface area contributed by atoms with Crippen LogP contribution in [0.3, 0.4) is 0 Å². The third kappa shape index (κ3) is 3.80. The lowest BCUT2D eigenvalue weighted by Gasteiger charge is -2.21. The Kier molecular flexibility index (Phi) is 5.07. The molecule has 0 bridgehead atoms. The third-order valence-corrected chi connectivity index (χ3v) is 6.07. The molecule has 4 rings (SSSR count). The summed E-state index contributed by atoms with van der Waals surface area (Å²) >= 11 is 1.75. The number of carbonyl (C=O) groups is 1. The van der Waals surface area contributed by atoms with Crippen molar-refractivity contribution >= 4 is 23.1 Å². The summed E-state index contributed by atoms with van der Waals surface area (Å²) in [7, 11) is 1.81. The Bertz CT molecular complexity index is 892. The fraction of sp³-hybridized carbons (Fsp3) is 0.474. The molecule has 0 saturated carbocycles. The number of nitrogens with zero attached hydrogens (tertiary/aromatic N) is 5. The van der Waals surface area contributed by atoms with Crippen molar-refractivity contribution in [2.45, 2.75) is 51.6 Å². The Morgan fingerprint density at radius 3 is 3.00 bits per heavy atom. The lowest BCUT2D eigenvalue weighted by atomic mass is 10.0. The lowest BCUT2D eigenvalue weighted by Crippen LogP contribution is -2.39. The number of aryl methyl sites for hydroxylation is 2. The van der Waals surface area contributed by atoms with E-state index in [9.17, 15) is 4.79 Å². The second-order valence-electron chi connectivity index (χ2n) is 6.94. The first-order valence-corrected chi connectivity index (χ1v) is 10.2. The van der Waals surface area contributed by atoms with Crippen molar-refractivity contribution < 1.29 is 4.79 Å². The topological polar surface area (TPSA) is 75.4 Å². The maximum atomic E-state index is 12.7. The van der Waals surface area contributed by atoms with E-state index in [2.05, 4.69) is 15.3 Å². The molecule has 1 atom stereocenters. The summed E-state index contributed by atoms with van der Waals surface area (Å²) in [6.07, 6.45) is 11.0. The van der Waals surface area contributed by atoms with E-state index in [0.29, 0.717) is 12.3 Å². The van der Waals surface area contributed by atoms with Gasteiger partial charge in [-0.1, -0.05) is 6.92 Å². The van der Waals surface area contributed by atoms with Crippen LogP contribution < -0.4 is 5.32 Å². The Hall–Kier alpha value is -2.48. The van der Waals surface area contributed by atoms with Gasteiger partial charge >= 0.3 is 6.03 Å². The van der Waals surface area contributed by atoms with Crippen molar-refractivity contribution in [1.82, 2.24) is 29.6 Å². The van der Waals surface area contributed by atoms with E-state index in [4.69, 9.17) is 4.98 Å². The molecule has 1 N–H and O–H groups in total.